The van der Waals surface area contributed by atoms with Gasteiger partial charge in [0, 0.05) is 5.02 Å². The summed E-state index contributed by atoms with van der Waals surface area (Å²) in [7, 11) is 0. The lowest BCUT2D eigenvalue weighted by Crippen LogP contribution is -2.28. The van der Waals surface area contributed by atoms with Crippen molar-refractivity contribution >= 4 is 23.5 Å². The zero-order valence-corrected chi connectivity index (χ0v) is 13.1. The molecular weight excluding hydrogens is 310 g/mol. The van der Waals surface area contributed by atoms with E-state index in [0.29, 0.717) is 11.0 Å². The second kappa shape index (κ2) is 5.59. The van der Waals surface area contributed by atoms with Gasteiger partial charge in [0.15, 0.2) is 0 Å². The van der Waals surface area contributed by atoms with Crippen LogP contribution in [-0.4, -0.2) is 14.8 Å². The van der Waals surface area contributed by atoms with E-state index in [4.69, 9.17) is 17.3 Å². The molecule has 116 valence electrons. The molecule has 6 heteroatoms. The second-order valence-corrected chi connectivity index (χ2v) is 6.09. The molecule has 0 saturated carbocycles. The molecule has 1 aromatic heterocycles. The first-order valence-corrected chi connectivity index (χ1v) is 7.87. The van der Waals surface area contributed by atoms with E-state index >= 15 is 0 Å². The number of rotatable bonds is 2. The summed E-state index contributed by atoms with van der Waals surface area (Å²) in [5.74, 6) is 0.959. The zero-order chi connectivity index (χ0) is 15.8. The molecule has 0 aliphatic carbocycles. The molecule has 23 heavy (non-hydrogen) atoms. The molecule has 0 saturated heterocycles. The lowest BCUT2D eigenvalue weighted by molar-refractivity contribution is 0.431. The van der Waals surface area contributed by atoms with Crippen LogP contribution in [0.4, 0.5) is 11.9 Å². The molecule has 1 aliphatic heterocycles. The molecule has 2 atom stereocenters. The van der Waals surface area contributed by atoms with Gasteiger partial charge in [-0.3, -0.25) is 0 Å². The molecule has 0 unspecified atom stereocenters. The number of hydrogen-bond donors (Lipinski definition) is 2. The van der Waals surface area contributed by atoms with Crippen LogP contribution in [0, 0.1) is 0 Å². The van der Waals surface area contributed by atoms with E-state index in [1.807, 2.05) is 41.1 Å². The quantitative estimate of drug-likeness (QED) is 0.754. The van der Waals surface area contributed by atoms with Crippen molar-refractivity contribution in [1.82, 2.24) is 14.8 Å². The number of nitrogens with one attached hydrogen (secondary N) is 1. The van der Waals surface area contributed by atoms with Crippen molar-refractivity contribution in [3.63, 3.8) is 0 Å². The lowest BCUT2D eigenvalue weighted by Gasteiger charge is -2.31. The molecule has 3 aromatic rings. The second-order valence-electron chi connectivity index (χ2n) is 5.65. The van der Waals surface area contributed by atoms with Crippen LogP contribution in [0.5, 0.6) is 0 Å². The molecule has 0 amide bonds. The standard InChI is InChI=1S/C17H16ClN5/c18-13-8-4-7-12(9-13)15-10-14(11-5-2-1-3-6-11)20-17-21-16(19)22-23(15)17/h1-9,14-15H,10H2,(H3,19,20,21,22)/t14-,15-/m1/s1. The van der Waals surface area contributed by atoms with Gasteiger partial charge in [0.25, 0.3) is 0 Å². The van der Waals surface area contributed by atoms with E-state index in [0.717, 1.165) is 12.0 Å². The molecular formula is C17H16ClN5. The summed E-state index contributed by atoms with van der Waals surface area (Å²) in [5, 5.41) is 8.48. The molecule has 0 spiro atoms. The summed E-state index contributed by atoms with van der Waals surface area (Å²) >= 11 is 6.16. The van der Waals surface area contributed by atoms with Crippen molar-refractivity contribution in [1.29, 1.82) is 0 Å². The monoisotopic (exact) mass is 325 g/mol. The molecule has 0 radical (unpaired) electrons. The first-order chi connectivity index (χ1) is 11.2. The fraction of sp³-hybridized carbons (Fsp3) is 0.176. The van der Waals surface area contributed by atoms with Crippen molar-refractivity contribution in [2.75, 3.05) is 11.1 Å². The van der Waals surface area contributed by atoms with Crippen molar-refractivity contribution in [2.24, 2.45) is 0 Å². The molecule has 2 heterocycles. The van der Waals surface area contributed by atoms with Gasteiger partial charge >= 0.3 is 0 Å². The Labute approximate surface area is 139 Å². The van der Waals surface area contributed by atoms with Crippen LogP contribution in [0.1, 0.15) is 29.6 Å². The summed E-state index contributed by atoms with van der Waals surface area (Å²) in [5.41, 5.74) is 8.12. The summed E-state index contributed by atoms with van der Waals surface area (Å²) < 4.78 is 1.85. The molecule has 2 aromatic carbocycles. The third-order valence-corrected chi connectivity index (χ3v) is 4.38. The van der Waals surface area contributed by atoms with E-state index in [9.17, 15) is 0 Å². The number of anilines is 2. The van der Waals surface area contributed by atoms with Gasteiger partial charge in [-0.1, -0.05) is 54.1 Å². The fourth-order valence-electron chi connectivity index (χ4n) is 3.09. The van der Waals surface area contributed by atoms with Crippen LogP contribution < -0.4 is 11.1 Å². The highest BCUT2D eigenvalue weighted by atomic mass is 35.5. The Balaban J connectivity index is 1.78. The molecule has 1 aliphatic rings. The van der Waals surface area contributed by atoms with Crippen molar-refractivity contribution < 1.29 is 0 Å². The molecule has 5 nitrogen and oxygen atoms in total. The molecule has 0 fully saturated rings. The van der Waals surface area contributed by atoms with Crippen LogP contribution in [0.15, 0.2) is 54.6 Å². The van der Waals surface area contributed by atoms with Crippen LogP contribution in [-0.2, 0) is 0 Å². The van der Waals surface area contributed by atoms with Crippen LogP contribution in [0.2, 0.25) is 5.02 Å². The van der Waals surface area contributed by atoms with Gasteiger partial charge in [0.1, 0.15) is 0 Å². The molecule has 3 N–H and O–H groups in total. The van der Waals surface area contributed by atoms with Crippen LogP contribution in [0.25, 0.3) is 0 Å². The summed E-state index contributed by atoms with van der Waals surface area (Å²) in [6, 6.07) is 18.4. The van der Waals surface area contributed by atoms with Crippen molar-refractivity contribution in [2.45, 2.75) is 18.5 Å². The maximum Gasteiger partial charge on any atom is 0.241 e. The van der Waals surface area contributed by atoms with E-state index < -0.39 is 0 Å². The normalized spacial score (nSPS) is 19.9. The van der Waals surface area contributed by atoms with Gasteiger partial charge in [-0.05, 0) is 29.7 Å². The molecule has 4 rings (SSSR count). The Morgan fingerprint density at radius 3 is 2.65 bits per heavy atom. The number of nitrogens with two attached hydrogens (primary N) is 1. The Morgan fingerprint density at radius 1 is 1.09 bits per heavy atom. The maximum absolute atomic E-state index is 6.16. The third-order valence-electron chi connectivity index (χ3n) is 4.14. The minimum Gasteiger partial charge on any atom is -0.366 e. The van der Waals surface area contributed by atoms with Gasteiger partial charge in [-0.15, -0.1) is 5.10 Å². The highest BCUT2D eigenvalue weighted by molar-refractivity contribution is 6.30. The summed E-state index contributed by atoms with van der Waals surface area (Å²) in [6.45, 7) is 0. The lowest BCUT2D eigenvalue weighted by atomic mass is 9.93. The SMILES string of the molecule is Nc1nc2n(n1)[C@@H](c1cccc(Cl)c1)C[C@H](c1ccccc1)N2. The van der Waals surface area contributed by atoms with Gasteiger partial charge in [0.2, 0.25) is 11.9 Å². The van der Waals surface area contributed by atoms with E-state index in [-0.39, 0.29) is 18.0 Å². The van der Waals surface area contributed by atoms with Crippen molar-refractivity contribution in [3.05, 3.63) is 70.7 Å². The number of hydrogen-bond acceptors (Lipinski definition) is 4. The third kappa shape index (κ3) is 2.64. The van der Waals surface area contributed by atoms with E-state index in [1.54, 1.807) is 0 Å². The number of aromatic nitrogens is 3. The van der Waals surface area contributed by atoms with Crippen LogP contribution in [0.3, 0.4) is 0 Å². The zero-order valence-electron chi connectivity index (χ0n) is 12.4. The van der Waals surface area contributed by atoms with Gasteiger partial charge in [-0.25, -0.2) is 4.68 Å². The van der Waals surface area contributed by atoms with Gasteiger partial charge < -0.3 is 11.1 Å². The van der Waals surface area contributed by atoms with Gasteiger partial charge in [0.05, 0.1) is 12.1 Å². The Hall–Kier alpha value is -2.53. The Bertz CT molecular complexity index is 830. The molecule has 0 bridgehead atoms. The van der Waals surface area contributed by atoms with Gasteiger partial charge in [-0.2, -0.15) is 4.98 Å². The predicted molar refractivity (Wildman–Crippen MR) is 91.4 cm³/mol. The van der Waals surface area contributed by atoms with E-state index in [1.165, 1.54) is 5.56 Å². The van der Waals surface area contributed by atoms with Crippen LogP contribution >= 0.6 is 11.6 Å². The summed E-state index contributed by atoms with van der Waals surface area (Å²) in [4.78, 5) is 4.31. The van der Waals surface area contributed by atoms with E-state index in [2.05, 4.69) is 33.6 Å². The Morgan fingerprint density at radius 2 is 1.87 bits per heavy atom. The average Bonchev–Trinajstić information content (AvgIpc) is 2.95. The number of nitrogens with zero attached hydrogens (tertiary/aromatic N) is 3. The predicted octanol–water partition coefficient (Wildman–Crippen LogP) is 3.66. The number of fused-ring (bicyclic) bond motifs is 1. The number of benzene rings is 2. The first kappa shape index (κ1) is 14.1. The smallest absolute Gasteiger partial charge is 0.241 e. The Kier molecular flexibility index (Phi) is 3.42. The average molecular weight is 326 g/mol. The maximum atomic E-state index is 6.16. The minimum atomic E-state index is 0.0416. The highest BCUT2D eigenvalue weighted by Gasteiger charge is 2.30. The minimum absolute atomic E-state index is 0.0416. The number of halogens is 1. The topological polar surface area (TPSA) is 68.8 Å². The van der Waals surface area contributed by atoms with Crippen molar-refractivity contribution in [3.8, 4) is 0 Å². The fourth-order valence-corrected chi connectivity index (χ4v) is 3.29. The highest BCUT2D eigenvalue weighted by Crippen LogP contribution is 2.38. The largest absolute Gasteiger partial charge is 0.366 e. The number of nitrogen functional groups attached to an aromatic ring is 1. The summed E-state index contributed by atoms with van der Waals surface area (Å²) in [6.07, 6.45) is 0.847. The first-order valence-electron chi connectivity index (χ1n) is 7.49.